The quantitative estimate of drug-likeness (QED) is 0.681. The molecule has 0 saturated carbocycles. The second-order valence-corrected chi connectivity index (χ2v) is 7.65. The molecular weight excluding hydrogens is 308 g/mol. The first-order valence-electron chi connectivity index (χ1n) is 6.80. The van der Waals surface area contributed by atoms with Crippen molar-refractivity contribution >= 4 is 35.0 Å². The van der Waals surface area contributed by atoms with E-state index in [9.17, 15) is 9.59 Å². The highest BCUT2D eigenvalue weighted by molar-refractivity contribution is 7.98. The standard InChI is InChI=1S/C14H22N2O3S2/c1-10-15-11(9-21-10)8-20-7-5-12(17)16-14(2,3)6-4-13(18)19/h9H,4-8H2,1-3H3,(H,16,17)(H,18,19). The Morgan fingerprint density at radius 3 is 2.71 bits per heavy atom. The van der Waals surface area contributed by atoms with Crippen molar-refractivity contribution in [2.24, 2.45) is 0 Å². The van der Waals surface area contributed by atoms with Crippen molar-refractivity contribution < 1.29 is 14.7 Å². The smallest absolute Gasteiger partial charge is 0.303 e. The molecule has 0 unspecified atom stereocenters. The van der Waals surface area contributed by atoms with Gasteiger partial charge in [0.2, 0.25) is 5.91 Å². The number of rotatable bonds is 9. The molecule has 0 radical (unpaired) electrons. The lowest BCUT2D eigenvalue weighted by atomic mass is 9.98. The third-order valence-electron chi connectivity index (χ3n) is 2.83. The Hall–Kier alpha value is -1.08. The number of hydrogen-bond donors (Lipinski definition) is 2. The van der Waals surface area contributed by atoms with Crippen molar-refractivity contribution in [3.63, 3.8) is 0 Å². The number of nitrogens with one attached hydrogen (secondary N) is 1. The van der Waals surface area contributed by atoms with Gasteiger partial charge in [0, 0.05) is 35.3 Å². The molecule has 0 aliphatic rings. The SMILES string of the molecule is Cc1nc(CSCCC(=O)NC(C)(C)CCC(=O)O)cs1. The number of carbonyl (C=O) groups is 2. The third-order valence-corrected chi connectivity index (χ3v) is 4.65. The molecule has 1 amide bonds. The molecule has 0 aliphatic carbocycles. The fourth-order valence-electron chi connectivity index (χ4n) is 1.74. The van der Waals surface area contributed by atoms with Crippen LogP contribution in [0.1, 0.15) is 43.8 Å². The minimum Gasteiger partial charge on any atom is -0.481 e. The van der Waals surface area contributed by atoms with E-state index in [0.717, 1.165) is 22.2 Å². The van der Waals surface area contributed by atoms with Crippen LogP contribution in [0.15, 0.2) is 5.38 Å². The molecule has 21 heavy (non-hydrogen) atoms. The lowest BCUT2D eigenvalue weighted by Gasteiger charge is -2.25. The lowest BCUT2D eigenvalue weighted by Crippen LogP contribution is -2.43. The normalized spacial score (nSPS) is 11.4. The molecule has 118 valence electrons. The Morgan fingerprint density at radius 1 is 1.43 bits per heavy atom. The van der Waals surface area contributed by atoms with E-state index in [2.05, 4.69) is 10.3 Å². The Balaban J connectivity index is 2.19. The number of aromatic nitrogens is 1. The summed E-state index contributed by atoms with van der Waals surface area (Å²) in [5.74, 6) is 0.677. The molecule has 0 spiro atoms. The summed E-state index contributed by atoms with van der Waals surface area (Å²) in [6.07, 6.45) is 0.925. The van der Waals surface area contributed by atoms with Gasteiger partial charge in [-0.05, 0) is 27.2 Å². The van der Waals surface area contributed by atoms with Gasteiger partial charge in [0.1, 0.15) is 0 Å². The van der Waals surface area contributed by atoms with Gasteiger partial charge >= 0.3 is 5.97 Å². The van der Waals surface area contributed by atoms with E-state index >= 15 is 0 Å². The summed E-state index contributed by atoms with van der Waals surface area (Å²) in [7, 11) is 0. The number of carboxylic acid groups (broad SMARTS) is 1. The highest BCUT2D eigenvalue weighted by Crippen LogP contribution is 2.16. The maximum atomic E-state index is 11.8. The van der Waals surface area contributed by atoms with E-state index in [1.807, 2.05) is 26.2 Å². The van der Waals surface area contributed by atoms with Gasteiger partial charge in [-0.1, -0.05) is 0 Å². The highest BCUT2D eigenvalue weighted by Gasteiger charge is 2.21. The molecule has 1 aromatic rings. The Bertz CT molecular complexity index is 486. The fraction of sp³-hybridized carbons (Fsp3) is 0.643. The van der Waals surface area contributed by atoms with Crippen molar-refractivity contribution in [2.75, 3.05) is 5.75 Å². The Morgan fingerprint density at radius 2 is 2.14 bits per heavy atom. The molecule has 1 aromatic heterocycles. The zero-order valence-corrected chi connectivity index (χ0v) is 14.3. The zero-order chi connectivity index (χ0) is 15.9. The highest BCUT2D eigenvalue weighted by atomic mass is 32.2. The average Bonchev–Trinajstić information content (AvgIpc) is 2.78. The summed E-state index contributed by atoms with van der Waals surface area (Å²) >= 11 is 3.31. The van der Waals surface area contributed by atoms with E-state index in [0.29, 0.717) is 12.8 Å². The first kappa shape index (κ1) is 18.0. The van der Waals surface area contributed by atoms with Gasteiger partial charge in [-0.2, -0.15) is 11.8 Å². The molecule has 0 atom stereocenters. The third kappa shape index (κ3) is 8.06. The second kappa shape index (κ2) is 8.38. The summed E-state index contributed by atoms with van der Waals surface area (Å²) in [4.78, 5) is 26.8. The number of aryl methyl sites for hydroxylation is 1. The minimum absolute atomic E-state index is 0.0349. The van der Waals surface area contributed by atoms with Crippen LogP contribution in [-0.4, -0.2) is 33.3 Å². The summed E-state index contributed by atoms with van der Waals surface area (Å²) in [5.41, 5.74) is 0.580. The van der Waals surface area contributed by atoms with Gasteiger partial charge < -0.3 is 10.4 Å². The van der Waals surface area contributed by atoms with Gasteiger partial charge in [-0.3, -0.25) is 9.59 Å². The number of amides is 1. The summed E-state index contributed by atoms with van der Waals surface area (Å²) in [6, 6.07) is 0. The van der Waals surface area contributed by atoms with Crippen LogP contribution in [0.4, 0.5) is 0 Å². The molecule has 5 nitrogen and oxygen atoms in total. The largest absolute Gasteiger partial charge is 0.481 e. The monoisotopic (exact) mass is 330 g/mol. The topological polar surface area (TPSA) is 79.3 Å². The zero-order valence-electron chi connectivity index (χ0n) is 12.6. The van der Waals surface area contributed by atoms with E-state index in [4.69, 9.17) is 5.11 Å². The number of aliphatic carboxylic acids is 1. The summed E-state index contributed by atoms with van der Waals surface area (Å²) < 4.78 is 0. The average molecular weight is 330 g/mol. The van der Waals surface area contributed by atoms with Crippen LogP contribution in [0.3, 0.4) is 0 Å². The maximum absolute atomic E-state index is 11.8. The van der Waals surface area contributed by atoms with Crippen LogP contribution < -0.4 is 5.32 Å². The Labute approximate surface area is 133 Å². The van der Waals surface area contributed by atoms with Crippen molar-refractivity contribution in [1.82, 2.24) is 10.3 Å². The number of hydrogen-bond acceptors (Lipinski definition) is 5. The summed E-state index contributed by atoms with van der Waals surface area (Å²) in [6.45, 7) is 5.67. The van der Waals surface area contributed by atoms with Gasteiger partial charge in [0.05, 0.1) is 10.7 Å². The summed E-state index contributed by atoms with van der Waals surface area (Å²) in [5, 5.41) is 14.7. The molecule has 0 aromatic carbocycles. The number of thioether (sulfide) groups is 1. The lowest BCUT2D eigenvalue weighted by molar-refractivity contribution is -0.137. The predicted octanol–water partition coefficient (Wildman–Crippen LogP) is 2.83. The molecular formula is C14H22N2O3S2. The molecule has 7 heteroatoms. The molecule has 0 aliphatic heterocycles. The molecule has 2 N–H and O–H groups in total. The van der Waals surface area contributed by atoms with Crippen molar-refractivity contribution in [1.29, 1.82) is 0 Å². The molecule has 1 heterocycles. The number of carbonyl (C=O) groups excluding carboxylic acids is 1. The van der Waals surface area contributed by atoms with E-state index in [-0.39, 0.29) is 12.3 Å². The van der Waals surface area contributed by atoms with Crippen LogP contribution in [0.25, 0.3) is 0 Å². The van der Waals surface area contributed by atoms with Crippen molar-refractivity contribution in [3.8, 4) is 0 Å². The maximum Gasteiger partial charge on any atom is 0.303 e. The Kier molecular flexibility index (Phi) is 7.17. The van der Waals surface area contributed by atoms with Crippen LogP contribution in [0.5, 0.6) is 0 Å². The number of nitrogens with zero attached hydrogens (tertiary/aromatic N) is 1. The van der Waals surface area contributed by atoms with Gasteiger partial charge in [0.25, 0.3) is 0 Å². The first-order chi connectivity index (χ1) is 9.78. The van der Waals surface area contributed by atoms with Crippen LogP contribution in [0.2, 0.25) is 0 Å². The molecule has 0 bridgehead atoms. The van der Waals surface area contributed by atoms with E-state index in [1.54, 1.807) is 23.1 Å². The molecule has 0 saturated heterocycles. The van der Waals surface area contributed by atoms with Gasteiger partial charge in [-0.25, -0.2) is 4.98 Å². The molecule has 1 rings (SSSR count). The number of carboxylic acids is 1. The van der Waals surface area contributed by atoms with Gasteiger partial charge in [-0.15, -0.1) is 11.3 Å². The fourth-order valence-corrected chi connectivity index (χ4v) is 3.29. The minimum atomic E-state index is -0.841. The van der Waals surface area contributed by atoms with Crippen molar-refractivity contribution in [3.05, 3.63) is 16.1 Å². The first-order valence-corrected chi connectivity index (χ1v) is 8.83. The van der Waals surface area contributed by atoms with Crippen molar-refractivity contribution in [2.45, 2.75) is 51.3 Å². The predicted molar refractivity (Wildman–Crippen MR) is 86.7 cm³/mol. The van der Waals surface area contributed by atoms with Crippen LogP contribution in [0, 0.1) is 6.92 Å². The second-order valence-electron chi connectivity index (χ2n) is 5.49. The molecule has 0 fully saturated rings. The van der Waals surface area contributed by atoms with Gasteiger partial charge in [0.15, 0.2) is 0 Å². The number of thiazole rings is 1. The van der Waals surface area contributed by atoms with Crippen LogP contribution in [-0.2, 0) is 15.3 Å². The van der Waals surface area contributed by atoms with E-state index in [1.165, 1.54) is 0 Å². The van der Waals surface area contributed by atoms with E-state index < -0.39 is 11.5 Å². The van der Waals surface area contributed by atoms with Crippen LogP contribution >= 0.6 is 23.1 Å².